The van der Waals surface area contributed by atoms with Crippen LogP contribution in [0, 0.1) is 5.82 Å². The third-order valence-corrected chi connectivity index (χ3v) is 5.29. The van der Waals surface area contributed by atoms with E-state index in [-0.39, 0.29) is 35.7 Å². The number of guanidine groups is 1. The molecule has 3 rings (SSSR count). The van der Waals surface area contributed by atoms with Gasteiger partial charge in [-0.25, -0.2) is 4.39 Å². The predicted octanol–water partition coefficient (Wildman–Crippen LogP) is 3.91. The van der Waals surface area contributed by atoms with E-state index in [2.05, 4.69) is 33.8 Å². The second-order valence-corrected chi connectivity index (χ2v) is 7.47. The Morgan fingerprint density at radius 3 is 2.61 bits per heavy atom. The van der Waals surface area contributed by atoms with Crippen molar-refractivity contribution in [3.8, 4) is 0 Å². The van der Waals surface area contributed by atoms with Gasteiger partial charge in [0.2, 0.25) is 5.91 Å². The van der Waals surface area contributed by atoms with Crippen LogP contribution in [0.15, 0.2) is 53.5 Å². The maximum atomic E-state index is 13.7. The van der Waals surface area contributed by atoms with E-state index in [9.17, 15) is 9.18 Å². The molecule has 0 aromatic heterocycles. The Kier molecular flexibility index (Phi) is 10.8. The standard InChI is InChI=1S/C24H31FN4O.HI/c1-2-26-24(28-16-13-20-9-5-6-11-22(20)25)27-15-7-12-23(30)29-17-14-19-8-3-4-10-21(19)18-29;/h3-6,8-11H,2,7,12-18H2,1H3,(H2,26,27,28);1H. The number of benzene rings is 2. The van der Waals surface area contributed by atoms with Gasteiger partial charge in [0.1, 0.15) is 5.82 Å². The molecule has 1 aliphatic heterocycles. The molecule has 2 aromatic carbocycles. The summed E-state index contributed by atoms with van der Waals surface area (Å²) in [6, 6.07) is 15.2. The van der Waals surface area contributed by atoms with Crippen molar-refractivity contribution in [3.05, 3.63) is 71.0 Å². The number of fused-ring (bicyclic) bond motifs is 1. The molecular formula is C24H32FIN4O. The van der Waals surface area contributed by atoms with Crippen LogP contribution in [0.3, 0.4) is 0 Å². The summed E-state index contributed by atoms with van der Waals surface area (Å²) in [4.78, 5) is 19.0. The highest BCUT2D eigenvalue weighted by molar-refractivity contribution is 14.0. The lowest BCUT2D eigenvalue weighted by Gasteiger charge is -2.28. The lowest BCUT2D eigenvalue weighted by atomic mass is 9.99. The van der Waals surface area contributed by atoms with E-state index in [1.54, 1.807) is 12.1 Å². The molecule has 0 radical (unpaired) electrons. The zero-order valence-electron chi connectivity index (χ0n) is 18.1. The topological polar surface area (TPSA) is 56.7 Å². The summed E-state index contributed by atoms with van der Waals surface area (Å²) in [6.07, 6.45) is 2.73. The van der Waals surface area contributed by atoms with Crippen molar-refractivity contribution in [3.63, 3.8) is 0 Å². The fourth-order valence-electron chi connectivity index (χ4n) is 3.65. The predicted molar refractivity (Wildman–Crippen MR) is 134 cm³/mol. The molecule has 0 spiro atoms. The molecule has 1 aliphatic rings. The first-order valence-corrected chi connectivity index (χ1v) is 10.8. The maximum absolute atomic E-state index is 13.7. The number of carbonyl (C=O) groups is 1. The summed E-state index contributed by atoms with van der Waals surface area (Å²) in [6.45, 7) is 5.42. The van der Waals surface area contributed by atoms with E-state index in [4.69, 9.17) is 0 Å². The molecule has 0 bridgehead atoms. The molecule has 0 atom stereocenters. The average Bonchev–Trinajstić information content (AvgIpc) is 2.77. The van der Waals surface area contributed by atoms with Crippen LogP contribution in [-0.4, -0.2) is 42.9 Å². The van der Waals surface area contributed by atoms with Gasteiger partial charge < -0.3 is 15.5 Å². The van der Waals surface area contributed by atoms with Crippen molar-refractivity contribution in [2.24, 2.45) is 4.99 Å². The molecule has 168 valence electrons. The number of halogens is 2. The Bertz CT molecular complexity index is 874. The van der Waals surface area contributed by atoms with Crippen LogP contribution in [0.1, 0.15) is 36.5 Å². The molecule has 1 amide bonds. The van der Waals surface area contributed by atoms with E-state index in [1.165, 1.54) is 17.2 Å². The first kappa shape index (κ1) is 25.1. The molecular weight excluding hydrogens is 506 g/mol. The largest absolute Gasteiger partial charge is 0.357 e. The summed E-state index contributed by atoms with van der Waals surface area (Å²) in [5.41, 5.74) is 3.29. The van der Waals surface area contributed by atoms with Crippen molar-refractivity contribution in [2.75, 3.05) is 26.2 Å². The Morgan fingerprint density at radius 2 is 1.84 bits per heavy atom. The van der Waals surface area contributed by atoms with Gasteiger partial charge in [-0.1, -0.05) is 42.5 Å². The smallest absolute Gasteiger partial charge is 0.222 e. The number of nitrogens with zero attached hydrogens (tertiary/aromatic N) is 2. The SMILES string of the molecule is CCNC(=NCCCC(=O)N1CCc2ccccc2C1)NCCc1ccccc1F.I. The van der Waals surface area contributed by atoms with E-state index < -0.39 is 0 Å². The second-order valence-electron chi connectivity index (χ2n) is 7.47. The number of rotatable bonds is 8. The Labute approximate surface area is 201 Å². The fraction of sp³-hybridized carbons (Fsp3) is 0.417. The molecule has 2 N–H and O–H groups in total. The number of nitrogens with one attached hydrogen (secondary N) is 2. The summed E-state index contributed by atoms with van der Waals surface area (Å²) in [7, 11) is 0. The maximum Gasteiger partial charge on any atom is 0.222 e. The van der Waals surface area contributed by atoms with Crippen molar-refractivity contribution < 1.29 is 9.18 Å². The molecule has 7 heteroatoms. The van der Waals surface area contributed by atoms with Crippen LogP contribution in [0.5, 0.6) is 0 Å². The highest BCUT2D eigenvalue weighted by atomic mass is 127. The van der Waals surface area contributed by atoms with Gasteiger partial charge in [0.25, 0.3) is 0 Å². The second kappa shape index (κ2) is 13.3. The summed E-state index contributed by atoms with van der Waals surface area (Å²) >= 11 is 0. The lowest BCUT2D eigenvalue weighted by molar-refractivity contribution is -0.132. The molecule has 0 unspecified atom stereocenters. The average molecular weight is 538 g/mol. The number of carbonyl (C=O) groups excluding carboxylic acids is 1. The van der Waals surface area contributed by atoms with Gasteiger partial charge in [-0.15, -0.1) is 24.0 Å². The van der Waals surface area contributed by atoms with Gasteiger partial charge in [0, 0.05) is 39.1 Å². The van der Waals surface area contributed by atoms with Crippen LogP contribution in [0.2, 0.25) is 0 Å². The van der Waals surface area contributed by atoms with Gasteiger partial charge in [-0.2, -0.15) is 0 Å². The first-order chi connectivity index (χ1) is 14.7. The van der Waals surface area contributed by atoms with E-state index >= 15 is 0 Å². The van der Waals surface area contributed by atoms with Crippen LogP contribution in [-0.2, 0) is 24.2 Å². The number of amides is 1. The minimum Gasteiger partial charge on any atom is -0.357 e. The van der Waals surface area contributed by atoms with Gasteiger partial charge in [-0.05, 0) is 48.9 Å². The van der Waals surface area contributed by atoms with E-state index in [0.717, 1.165) is 19.5 Å². The van der Waals surface area contributed by atoms with Crippen LogP contribution < -0.4 is 10.6 Å². The van der Waals surface area contributed by atoms with Gasteiger partial charge in [0.05, 0.1) is 0 Å². The van der Waals surface area contributed by atoms with Gasteiger partial charge >= 0.3 is 0 Å². The van der Waals surface area contributed by atoms with Gasteiger partial charge in [0.15, 0.2) is 5.96 Å². The summed E-state index contributed by atoms with van der Waals surface area (Å²) < 4.78 is 13.7. The molecule has 1 heterocycles. The molecule has 2 aromatic rings. The number of hydrogen-bond acceptors (Lipinski definition) is 2. The van der Waals surface area contributed by atoms with Crippen LogP contribution in [0.25, 0.3) is 0 Å². The molecule has 31 heavy (non-hydrogen) atoms. The quantitative estimate of drug-likeness (QED) is 0.232. The fourth-order valence-corrected chi connectivity index (χ4v) is 3.65. The van der Waals surface area contributed by atoms with Crippen LogP contribution in [0.4, 0.5) is 4.39 Å². The highest BCUT2D eigenvalue weighted by Crippen LogP contribution is 2.19. The normalized spacial score (nSPS) is 13.2. The highest BCUT2D eigenvalue weighted by Gasteiger charge is 2.19. The monoisotopic (exact) mass is 538 g/mol. The van der Waals surface area contributed by atoms with E-state index in [0.29, 0.717) is 50.4 Å². The summed E-state index contributed by atoms with van der Waals surface area (Å²) in [5, 5.41) is 6.43. The summed E-state index contributed by atoms with van der Waals surface area (Å²) in [5.74, 6) is 0.713. The van der Waals surface area contributed by atoms with Crippen molar-refractivity contribution in [1.82, 2.24) is 15.5 Å². The first-order valence-electron chi connectivity index (χ1n) is 10.8. The lowest BCUT2D eigenvalue weighted by Crippen LogP contribution is -2.38. The van der Waals surface area contributed by atoms with Crippen molar-refractivity contribution in [1.29, 1.82) is 0 Å². The Hall–Kier alpha value is -2.16. The molecule has 0 fully saturated rings. The van der Waals surface area contributed by atoms with E-state index in [1.807, 2.05) is 24.0 Å². The van der Waals surface area contributed by atoms with Gasteiger partial charge in [-0.3, -0.25) is 9.79 Å². The number of aliphatic imine (C=N–C) groups is 1. The molecule has 5 nitrogen and oxygen atoms in total. The minimum atomic E-state index is -0.180. The number of hydrogen-bond donors (Lipinski definition) is 2. The third-order valence-electron chi connectivity index (χ3n) is 5.29. The zero-order valence-corrected chi connectivity index (χ0v) is 20.4. The third kappa shape index (κ3) is 7.79. The minimum absolute atomic E-state index is 0. The molecule has 0 saturated heterocycles. The molecule has 0 saturated carbocycles. The Balaban J connectivity index is 0.00000341. The van der Waals surface area contributed by atoms with Crippen molar-refractivity contribution in [2.45, 2.75) is 39.2 Å². The Morgan fingerprint density at radius 1 is 1.10 bits per heavy atom. The zero-order chi connectivity index (χ0) is 21.2. The molecule has 0 aliphatic carbocycles. The van der Waals surface area contributed by atoms with Crippen molar-refractivity contribution >= 4 is 35.8 Å². The van der Waals surface area contributed by atoms with Crippen LogP contribution >= 0.6 is 24.0 Å².